The number of carbonyl (C=O) groups is 1. The van der Waals surface area contributed by atoms with Crippen molar-refractivity contribution in [2.75, 3.05) is 0 Å². The fourth-order valence-corrected chi connectivity index (χ4v) is 3.85. The second-order valence-corrected chi connectivity index (χ2v) is 8.09. The maximum atomic E-state index is 13.4. The molecular weight excluding hydrogens is 455 g/mol. The summed E-state index contributed by atoms with van der Waals surface area (Å²) in [5, 5.41) is 14.4. The molecule has 0 saturated carbocycles. The number of rotatable bonds is 7. The summed E-state index contributed by atoms with van der Waals surface area (Å²) < 4.78 is 25.9. The number of para-hydroxylation sites is 1. The first-order valence-electron chi connectivity index (χ1n) is 10.3. The third-order valence-electron chi connectivity index (χ3n) is 4.82. The first-order chi connectivity index (χ1) is 16.7. The lowest BCUT2D eigenvalue weighted by Gasteiger charge is -2.00. The minimum absolute atomic E-state index is 0.143. The standard InChI is InChI=1S/C25H17FN4O3S/c26-19-11-8-17(9-12-19)24-18(15-30(29-24)20-5-2-1-3-6-20)10-13-23(31)32-16-22-27-28-25(33-22)21-7-4-14-34-21/h1-15H,16H2. The maximum absolute atomic E-state index is 13.4. The van der Waals surface area contributed by atoms with Gasteiger partial charge in [-0.1, -0.05) is 24.3 Å². The lowest BCUT2D eigenvalue weighted by atomic mass is 10.1. The number of hydrogen-bond acceptors (Lipinski definition) is 7. The molecule has 0 aliphatic carbocycles. The van der Waals surface area contributed by atoms with Crippen molar-refractivity contribution >= 4 is 23.4 Å². The summed E-state index contributed by atoms with van der Waals surface area (Å²) in [5.41, 5.74) is 2.85. The zero-order valence-corrected chi connectivity index (χ0v) is 18.5. The summed E-state index contributed by atoms with van der Waals surface area (Å²) >= 11 is 1.48. The molecule has 5 rings (SSSR count). The van der Waals surface area contributed by atoms with Crippen molar-refractivity contribution in [3.05, 3.63) is 102 Å². The summed E-state index contributed by atoms with van der Waals surface area (Å²) in [4.78, 5) is 13.2. The highest BCUT2D eigenvalue weighted by atomic mass is 32.1. The van der Waals surface area contributed by atoms with E-state index < -0.39 is 5.97 Å². The van der Waals surface area contributed by atoms with E-state index in [1.165, 1.54) is 29.5 Å². The molecule has 0 unspecified atom stereocenters. The highest BCUT2D eigenvalue weighted by molar-refractivity contribution is 7.13. The SMILES string of the molecule is O=C(C=Cc1cn(-c2ccccc2)nc1-c1ccc(F)cc1)OCc1nnc(-c2cccs2)o1. The maximum Gasteiger partial charge on any atom is 0.331 e. The molecular formula is C25H17FN4O3S. The lowest BCUT2D eigenvalue weighted by molar-refractivity contribution is -0.139. The van der Waals surface area contributed by atoms with Gasteiger partial charge in [0.15, 0.2) is 6.61 Å². The number of halogens is 1. The van der Waals surface area contributed by atoms with Crippen LogP contribution < -0.4 is 0 Å². The Morgan fingerprint density at radius 2 is 1.88 bits per heavy atom. The largest absolute Gasteiger partial charge is 0.452 e. The number of esters is 1. The van der Waals surface area contributed by atoms with E-state index in [2.05, 4.69) is 15.3 Å². The molecule has 0 atom stereocenters. The Balaban J connectivity index is 1.33. The van der Waals surface area contributed by atoms with Crippen LogP contribution in [-0.2, 0) is 16.1 Å². The van der Waals surface area contributed by atoms with Gasteiger partial charge in [-0.05, 0) is 53.9 Å². The van der Waals surface area contributed by atoms with Gasteiger partial charge in [0.1, 0.15) is 5.82 Å². The van der Waals surface area contributed by atoms with Crippen LogP contribution in [0.5, 0.6) is 0 Å². The number of carbonyl (C=O) groups excluding carboxylic acids is 1. The van der Waals surface area contributed by atoms with Gasteiger partial charge in [0, 0.05) is 23.4 Å². The second-order valence-electron chi connectivity index (χ2n) is 7.14. The van der Waals surface area contributed by atoms with Crippen LogP contribution in [0.4, 0.5) is 4.39 Å². The van der Waals surface area contributed by atoms with Crippen LogP contribution in [-0.4, -0.2) is 25.9 Å². The molecule has 3 heterocycles. The summed E-state index contributed by atoms with van der Waals surface area (Å²) in [6, 6.07) is 19.3. The van der Waals surface area contributed by atoms with Crippen LogP contribution in [0, 0.1) is 5.82 Å². The predicted octanol–water partition coefficient (Wildman–Crippen LogP) is 5.55. The molecule has 2 aromatic carbocycles. The van der Waals surface area contributed by atoms with E-state index in [0.29, 0.717) is 17.1 Å². The number of aromatic nitrogens is 4. The van der Waals surface area contributed by atoms with Crippen LogP contribution in [0.1, 0.15) is 11.5 Å². The van der Waals surface area contributed by atoms with Gasteiger partial charge in [-0.25, -0.2) is 13.9 Å². The molecule has 0 amide bonds. The number of hydrogen-bond donors (Lipinski definition) is 0. The molecule has 0 fully saturated rings. The van der Waals surface area contributed by atoms with Crippen LogP contribution in [0.2, 0.25) is 0 Å². The summed E-state index contributed by atoms with van der Waals surface area (Å²) in [5.74, 6) is -0.327. The van der Waals surface area contributed by atoms with Gasteiger partial charge < -0.3 is 9.15 Å². The van der Waals surface area contributed by atoms with Gasteiger partial charge in [-0.15, -0.1) is 21.5 Å². The second kappa shape index (κ2) is 9.63. The fraction of sp³-hybridized carbons (Fsp3) is 0.0400. The number of nitrogens with zero attached hydrogens (tertiary/aromatic N) is 4. The third kappa shape index (κ3) is 4.84. The first kappa shape index (κ1) is 21.5. The molecule has 34 heavy (non-hydrogen) atoms. The van der Waals surface area contributed by atoms with Crippen molar-refractivity contribution in [3.63, 3.8) is 0 Å². The Morgan fingerprint density at radius 1 is 1.06 bits per heavy atom. The van der Waals surface area contributed by atoms with Crippen molar-refractivity contribution in [1.82, 2.24) is 20.0 Å². The zero-order valence-electron chi connectivity index (χ0n) is 17.7. The van der Waals surface area contributed by atoms with Crippen molar-refractivity contribution in [2.24, 2.45) is 0 Å². The van der Waals surface area contributed by atoms with Crippen LogP contribution >= 0.6 is 11.3 Å². The molecule has 0 aliphatic rings. The van der Waals surface area contributed by atoms with E-state index in [9.17, 15) is 9.18 Å². The van der Waals surface area contributed by atoms with Crippen molar-refractivity contribution in [2.45, 2.75) is 6.61 Å². The van der Waals surface area contributed by atoms with Crippen molar-refractivity contribution in [1.29, 1.82) is 0 Å². The van der Waals surface area contributed by atoms with Crippen LogP contribution in [0.25, 0.3) is 33.8 Å². The molecule has 9 heteroatoms. The molecule has 0 bridgehead atoms. The Bertz CT molecular complexity index is 1420. The van der Waals surface area contributed by atoms with Crippen molar-refractivity contribution < 1.29 is 18.3 Å². The topological polar surface area (TPSA) is 83.0 Å². The molecule has 0 spiro atoms. The Morgan fingerprint density at radius 3 is 2.65 bits per heavy atom. The Hall–Kier alpha value is -4.37. The first-order valence-corrected chi connectivity index (χ1v) is 11.2. The monoisotopic (exact) mass is 472 g/mol. The summed E-state index contributed by atoms with van der Waals surface area (Å²) in [6.07, 6.45) is 4.71. The molecule has 0 saturated heterocycles. The highest BCUT2D eigenvalue weighted by Gasteiger charge is 2.13. The van der Waals surface area contributed by atoms with E-state index in [-0.39, 0.29) is 18.3 Å². The van der Waals surface area contributed by atoms with Gasteiger partial charge in [-0.3, -0.25) is 0 Å². The van der Waals surface area contributed by atoms with Crippen LogP contribution in [0.15, 0.2) is 88.8 Å². The van der Waals surface area contributed by atoms with Gasteiger partial charge in [0.2, 0.25) is 0 Å². The average molecular weight is 473 g/mol. The molecule has 7 nitrogen and oxygen atoms in total. The fourth-order valence-electron chi connectivity index (χ4n) is 3.20. The number of benzene rings is 2. The molecule has 5 aromatic rings. The Kier molecular flexibility index (Phi) is 6.09. The van der Waals surface area contributed by atoms with Gasteiger partial charge >= 0.3 is 5.97 Å². The van der Waals surface area contributed by atoms with E-state index in [0.717, 1.165) is 16.1 Å². The molecule has 0 radical (unpaired) electrons. The normalized spacial score (nSPS) is 11.2. The van der Waals surface area contributed by atoms with E-state index >= 15 is 0 Å². The van der Waals surface area contributed by atoms with E-state index in [1.807, 2.05) is 47.8 Å². The molecule has 3 aromatic heterocycles. The quantitative estimate of drug-likeness (QED) is 0.228. The van der Waals surface area contributed by atoms with E-state index in [4.69, 9.17) is 9.15 Å². The molecule has 168 valence electrons. The highest BCUT2D eigenvalue weighted by Crippen LogP contribution is 2.26. The predicted molar refractivity (Wildman–Crippen MR) is 125 cm³/mol. The summed E-state index contributed by atoms with van der Waals surface area (Å²) in [7, 11) is 0. The minimum Gasteiger partial charge on any atom is -0.452 e. The molecule has 0 N–H and O–H groups in total. The summed E-state index contributed by atoms with van der Waals surface area (Å²) in [6.45, 7) is -0.143. The number of ether oxygens (including phenoxy) is 1. The van der Waals surface area contributed by atoms with E-state index in [1.54, 1.807) is 29.1 Å². The zero-order chi connectivity index (χ0) is 23.3. The van der Waals surface area contributed by atoms with Gasteiger partial charge in [0.25, 0.3) is 11.8 Å². The number of thiophene rings is 1. The van der Waals surface area contributed by atoms with Crippen molar-refractivity contribution in [3.8, 4) is 27.7 Å². The third-order valence-corrected chi connectivity index (χ3v) is 5.67. The van der Waals surface area contributed by atoms with Gasteiger partial charge in [0.05, 0.1) is 16.3 Å². The van der Waals surface area contributed by atoms with Crippen LogP contribution in [0.3, 0.4) is 0 Å². The minimum atomic E-state index is -0.576. The smallest absolute Gasteiger partial charge is 0.331 e. The average Bonchev–Trinajstić information content (AvgIpc) is 3.63. The lowest BCUT2D eigenvalue weighted by Crippen LogP contribution is -2.01. The molecule has 0 aliphatic heterocycles. The Labute approximate surface area is 197 Å². The van der Waals surface area contributed by atoms with Gasteiger partial charge in [-0.2, -0.15) is 5.10 Å².